The fourth-order valence-corrected chi connectivity index (χ4v) is 2.02. The molecule has 1 fully saturated rings. The first kappa shape index (κ1) is 16.8. The van der Waals surface area contributed by atoms with E-state index in [1.54, 1.807) is 20.8 Å². The van der Waals surface area contributed by atoms with E-state index in [0.717, 1.165) is 25.7 Å². The third-order valence-corrected chi connectivity index (χ3v) is 3.01. The smallest absolute Gasteiger partial charge is 0.407 e. The van der Waals surface area contributed by atoms with E-state index in [0.29, 0.717) is 6.42 Å². The maximum Gasteiger partial charge on any atom is 0.407 e. The van der Waals surface area contributed by atoms with Gasteiger partial charge in [0.15, 0.2) is 0 Å². The lowest BCUT2D eigenvalue weighted by molar-refractivity contribution is -0.150. The van der Waals surface area contributed by atoms with E-state index in [4.69, 9.17) is 15.2 Å². The van der Waals surface area contributed by atoms with Crippen molar-refractivity contribution in [3.8, 4) is 0 Å². The lowest BCUT2D eigenvalue weighted by Gasteiger charge is -2.20. The zero-order chi connectivity index (χ0) is 15.2. The van der Waals surface area contributed by atoms with Crippen LogP contribution >= 0.6 is 0 Å². The topological polar surface area (TPSA) is 90.6 Å². The number of nitrogens with one attached hydrogen (secondary N) is 1. The van der Waals surface area contributed by atoms with Crippen LogP contribution in [-0.2, 0) is 14.3 Å². The highest BCUT2D eigenvalue weighted by atomic mass is 16.6. The van der Waals surface area contributed by atoms with Crippen LogP contribution in [0.1, 0.15) is 52.9 Å². The predicted octanol–water partition coefficient (Wildman–Crippen LogP) is 1.71. The molecular weight excluding hydrogens is 260 g/mol. The van der Waals surface area contributed by atoms with E-state index in [9.17, 15) is 9.59 Å². The molecule has 0 unspecified atom stereocenters. The van der Waals surface area contributed by atoms with Gasteiger partial charge in [-0.15, -0.1) is 0 Å². The summed E-state index contributed by atoms with van der Waals surface area (Å²) in [5.41, 5.74) is 5.21. The number of hydrogen-bond acceptors (Lipinski definition) is 5. The van der Waals surface area contributed by atoms with Crippen molar-refractivity contribution in [1.29, 1.82) is 0 Å². The van der Waals surface area contributed by atoms with Gasteiger partial charge in [-0.05, 0) is 52.9 Å². The molecule has 6 heteroatoms. The molecule has 0 heterocycles. The summed E-state index contributed by atoms with van der Waals surface area (Å²) in [4.78, 5) is 23.1. The summed E-state index contributed by atoms with van der Waals surface area (Å²) < 4.78 is 10.4. The molecule has 0 aromatic carbocycles. The number of rotatable bonds is 5. The van der Waals surface area contributed by atoms with Gasteiger partial charge in [-0.1, -0.05) is 0 Å². The van der Waals surface area contributed by atoms with Crippen molar-refractivity contribution < 1.29 is 19.1 Å². The van der Waals surface area contributed by atoms with Gasteiger partial charge >= 0.3 is 12.1 Å². The second-order valence-corrected chi connectivity index (χ2v) is 6.17. The van der Waals surface area contributed by atoms with Crippen LogP contribution in [0.15, 0.2) is 0 Å². The minimum absolute atomic E-state index is 0.0207. The number of carbonyl (C=O) groups is 2. The zero-order valence-corrected chi connectivity index (χ0v) is 12.6. The Morgan fingerprint density at radius 1 is 1.30 bits per heavy atom. The molecule has 1 atom stereocenters. The van der Waals surface area contributed by atoms with E-state index < -0.39 is 17.7 Å². The molecule has 0 aromatic rings. The SMILES string of the molecule is CC(C)(C)OC(=O)NCC[C@H](N)C(=O)OC1CCCC1. The van der Waals surface area contributed by atoms with Crippen molar-refractivity contribution in [1.82, 2.24) is 5.32 Å². The predicted molar refractivity (Wildman–Crippen MR) is 75.2 cm³/mol. The molecular formula is C14H26N2O4. The number of ether oxygens (including phenoxy) is 2. The summed E-state index contributed by atoms with van der Waals surface area (Å²) in [6.07, 6.45) is 3.91. The first-order valence-electron chi connectivity index (χ1n) is 7.21. The molecule has 1 rings (SSSR count). The number of alkyl carbamates (subject to hydrolysis) is 1. The van der Waals surface area contributed by atoms with E-state index in [2.05, 4.69) is 5.32 Å². The molecule has 1 saturated carbocycles. The highest BCUT2D eigenvalue weighted by Gasteiger charge is 2.23. The number of amides is 1. The summed E-state index contributed by atoms with van der Waals surface area (Å²) in [7, 11) is 0. The fourth-order valence-electron chi connectivity index (χ4n) is 2.02. The summed E-state index contributed by atoms with van der Waals surface area (Å²) in [6, 6.07) is -0.703. The molecule has 1 aliphatic rings. The van der Waals surface area contributed by atoms with Crippen LogP contribution in [-0.4, -0.2) is 36.4 Å². The largest absolute Gasteiger partial charge is 0.461 e. The Hall–Kier alpha value is -1.30. The third-order valence-electron chi connectivity index (χ3n) is 3.01. The maximum absolute atomic E-state index is 11.7. The molecule has 6 nitrogen and oxygen atoms in total. The van der Waals surface area contributed by atoms with Gasteiger partial charge in [0, 0.05) is 6.54 Å². The van der Waals surface area contributed by atoms with Crippen LogP contribution in [0.4, 0.5) is 4.79 Å². The molecule has 0 aliphatic heterocycles. The maximum atomic E-state index is 11.7. The molecule has 0 aromatic heterocycles. The first-order chi connectivity index (χ1) is 9.28. The van der Waals surface area contributed by atoms with E-state index in [1.807, 2.05) is 0 Å². The molecule has 0 spiro atoms. The summed E-state index contributed by atoms with van der Waals surface area (Å²) in [5.74, 6) is -0.386. The third kappa shape index (κ3) is 6.75. The van der Waals surface area contributed by atoms with Crippen LogP contribution in [0.5, 0.6) is 0 Å². The average Bonchev–Trinajstić information content (AvgIpc) is 2.79. The Morgan fingerprint density at radius 3 is 2.45 bits per heavy atom. The quantitative estimate of drug-likeness (QED) is 0.751. The number of esters is 1. The van der Waals surface area contributed by atoms with Crippen molar-refractivity contribution >= 4 is 12.1 Å². The molecule has 3 N–H and O–H groups in total. The summed E-state index contributed by atoms with van der Waals surface area (Å²) in [5, 5.41) is 2.57. The van der Waals surface area contributed by atoms with Crippen molar-refractivity contribution in [3.63, 3.8) is 0 Å². The van der Waals surface area contributed by atoms with Gasteiger partial charge in [0.05, 0.1) is 0 Å². The lowest BCUT2D eigenvalue weighted by atomic mass is 10.2. The highest BCUT2D eigenvalue weighted by molar-refractivity contribution is 5.75. The van der Waals surface area contributed by atoms with Gasteiger partial charge in [-0.2, -0.15) is 0 Å². The second-order valence-electron chi connectivity index (χ2n) is 6.17. The Kier molecular flexibility index (Phi) is 6.26. The van der Waals surface area contributed by atoms with Crippen LogP contribution < -0.4 is 11.1 Å². The van der Waals surface area contributed by atoms with Crippen molar-refractivity contribution in [3.05, 3.63) is 0 Å². The van der Waals surface area contributed by atoms with Gasteiger partial charge in [0.25, 0.3) is 0 Å². The van der Waals surface area contributed by atoms with Gasteiger partial charge in [-0.25, -0.2) is 4.79 Å². The standard InChI is InChI=1S/C14H26N2O4/c1-14(2,3)20-13(18)16-9-8-11(15)12(17)19-10-6-4-5-7-10/h10-11H,4-9,15H2,1-3H3,(H,16,18)/t11-/m0/s1. The number of nitrogens with two attached hydrogens (primary N) is 1. The Morgan fingerprint density at radius 2 is 1.90 bits per heavy atom. The monoisotopic (exact) mass is 286 g/mol. The van der Waals surface area contributed by atoms with E-state index in [-0.39, 0.29) is 18.6 Å². The lowest BCUT2D eigenvalue weighted by Crippen LogP contribution is -2.39. The molecule has 0 bridgehead atoms. The molecule has 1 amide bonds. The van der Waals surface area contributed by atoms with Gasteiger partial charge in [-0.3, -0.25) is 4.79 Å². The van der Waals surface area contributed by atoms with Gasteiger partial charge < -0.3 is 20.5 Å². The highest BCUT2D eigenvalue weighted by Crippen LogP contribution is 2.21. The van der Waals surface area contributed by atoms with E-state index in [1.165, 1.54) is 0 Å². The fraction of sp³-hybridized carbons (Fsp3) is 0.857. The van der Waals surface area contributed by atoms with Crippen LogP contribution in [0.25, 0.3) is 0 Å². The first-order valence-corrected chi connectivity index (χ1v) is 7.21. The zero-order valence-electron chi connectivity index (χ0n) is 12.6. The second kappa shape index (κ2) is 7.47. The Bertz CT molecular complexity index is 333. The molecule has 20 heavy (non-hydrogen) atoms. The Labute approximate surface area is 120 Å². The molecule has 0 saturated heterocycles. The van der Waals surface area contributed by atoms with Crippen molar-refractivity contribution in [2.24, 2.45) is 5.73 Å². The Balaban J connectivity index is 2.17. The van der Waals surface area contributed by atoms with Crippen LogP contribution in [0.2, 0.25) is 0 Å². The number of carbonyl (C=O) groups excluding carboxylic acids is 2. The number of hydrogen-bond donors (Lipinski definition) is 2. The minimum atomic E-state index is -0.703. The normalized spacial score (nSPS) is 17.6. The van der Waals surface area contributed by atoms with Crippen LogP contribution in [0.3, 0.4) is 0 Å². The molecule has 1 aliphatic carbocycles. The average molecular weight is 286 g/mol. The molecule has 0 radical (unpaired) electrons. The van der Waals surface area contributed by atoms with Gasteiger partial charge in [0.1, 0.15) is 17.7 Å². The van der Waals surface area contributed by atoms with Crippen LogP contribution in [0, 0.1) is 0 Å². The van der Waals surface area contributed by atoms with E-state index >= 15 is 0 Å². The summed E-state index contributed by atoms with van der Waals surface area (Å²) >= 11 is 0. The van der Waals surface area contributed by atoms with Gasteiger partial charge in [0.2, 0.25) is 0 Å². The summed E-state index contributed by atoms with van der Waals surface area (Å²) in [6.45, 7) is 5.65. The van der Waals surface area contributed by atoms with Crippen molar-refractivity contribution in [2.45, 2.75) is 70.6 Å². The molecule has 116 valence electrons. The van der Waals surface area contributed by atoms with Crippen molar-refractivity contribution in [2.75, 3.05) is 6.54 Å². The minimum Gasteiger partial charge on any atom is -0.461 e.